The van der Waals surface area contributed by atoms with Gasteiger partial charge in [-0.2, -0.15) is 0 Å². The summed E-state index contributed by atoms with van der Waals surface area (Å²) in [4.78, 5) is 92.0. The fourth-order valence-corrected chi connectivity index (χ4v) is 8.08. The quantitative estimate of drug-likeness (QED) is 0.103. The van der Waals surface area contributed by atoms with Crippen LogP contribution in [0.5, 0.6) is 0 Å². The van der Waals surface area contributed by atoms with Crippen LogP contribution >= 0.6 is 11.8 Å². The van der Waals surface area contributed by atoms with Crippen LogP contribution in [0.15, 0.2) is 126 Å². The molecule has 2 aliphatic heterocycles. The fourth-order valence-electron chi connectivity index (χ4n) is 6.95. The molecule has 2 fully saturated rings. The molecule has 0 spiro atoms. The molecule has 4 aromatic carbocycles. The summed E-state index contributed by atoms with van der Waals surface area (Å²) < 4.78 is 59.6. The lowest BCUT2D eigenvalue weighted by atomic mass is 9.97. The van der Waals surface area contributed by atoms with Crippen LogP contribution in [-0.4, -0.2) is 116 Å². The van der Waals surface area contributed by atoms with Crippen LogP contribution in [0, 0.1) is 0 Å². The predicted molar refractivity (Wildman–Crippen MR) is 226 cm³/mol. The van der Waals surface area contributed by atoms with E-state index >= 15 is 0 Å². The van der Waals surface area contributed by atoms with E-state index in [1.54, 1.807) is 84.9 Å². The molecule has 2 heterocycles. The maximum atomic E-state index is 14.1. The Balaban J connectivity index is 1.44. The molecule has 0 bridgehead atoms. The molecule has 0 saturated carbocycles. The molecule has 10 atom stereocenters. The fraction of sp³-hybridized carbons (Fsp3) is 0.340. The number of hydrogen-bond acceptors (Lipinski definition) is 18. The largest absolute Gasteiger partial charge is 0.463 e. The molecule has 2 saturated heterocycles. The third-order valence-corrected chi connectivity index (χ3v) is 10.9. The van der Waals surface area contributed by atoms with Gasteiger partial charge in [0.1, 0.15) is 24.3 Å². The second-order valence-corrected chi connectivity index (χ2v) is 15.8. The number of carbonyl (C=O) groups is 7. The Morgan fingerprint density at radius 1 is 0.431 bits per heavy atom. The Morgan fingerprint density at radius 2 is 0.815 bits per heavy atom. The van der Waals surface area contributed by atoms with E-state index in [-0.39, 0.29) is 16.7 Å². The summed E-state index contributed by atoms with van der Waals surface area (Å²) in [5.74, 6) is -5.83. The van der Waals surface area contributed by atoms with E-state index in [2.05, 4.69) is 0 Å². The van der Waals surface area contributed by atoms with E-state index in [1.165, 1.54) is 36.4 Å². The Hall–Kier alpha value is -6.60. The molecule has 18 heteroatoms. The van der Waals surface area contributed by atoms with Crippen molar-refractivity contribution in [1.82, 2.24) is 0 Å². The van der Waals surface area contributed by atoms with Gasteiger partial charge in [0, 0.05) is 32.6 Å². The number of carbonyl (C=O) groups excluding carboxylic acids is 7. The van der Waals surface area contributed by atoms with Crippen LogP contribution in [0.1, 0.15) is 58.8 Å². The Labute approximate surface area is 377 Å². The minimum absolute atomic E-state index is 0.110. The van der Waals surface area contributed by atoms with Crippen molar-refractivity contribution in [3.8, 4) is 0 Å². The molecule has 0 aromatic heterocycles. The second-order valence-electron chi connectivity index (χ2n) is 14.6. The van der Waals surface area contributed by atoms with E-state index in [0.717, 1.165) is 39.5 Å². The highest BCUT2D eigenvalue weighted by atomic mass is 32.2. The summed E-state index contributed by atoms with van der Waals surface area (Å²) in [5.41, 5.74) is -0.804. The van der Waals surface area contributed by atoms with Crippen molar-refractivity contribution >= 4 is 53.5 Å². The Morgan fingerprint density at radius 3 is 1.29 bits per heavy atom. The average Bonchev–Trinajstić information content (AvgIpc) is 3.29. The molecule has 0 radical (unpaired) electrons. The van der Waals surface area contributed by atoms with Crippen molar-refractivity contribution in [3.05, 3.63) is 138 Å². The first kappa shape index (κ1) is 47.9. The lowest BCUT2D eigenvalue weighted by Gasteiger charge is -2.46. The van der Waals surface area contributed by atoms with Crippen molar-refractivity contribution in [2.45, 2.75) is 93.1 Å². The average molecular weight is 915 g/mol. The highest BCUT2D eigenvalue weighted by Gasteiger charge is 2.56. The van der Waals surface area contributed by atoms with E-state index in [9.17, 15) is 33.6 Å². The highest BCUT2D eigenvalue weighted by molar-refractivity contribution is 7.99. The number of esters is 7. The van der Waals surface area contributed by atoms with Crippen molar-refractivity contribution in [2.24, 2.45) is 0 Å². The van der Waals surface area contributed by atoms with Gasteiger partial charge in [-0.1, -0.05) is 84.6 Å². The highest BCUT2D eigenvalue weighted by Crippen LogP contribution is 2.39. The third kappa shape index (κ3) is 13.2. The number of rotatable bonds is 16. The van der Waals surface area contributed by atoms with Crippen LogP contribution in [0.4, 0.5) is 0 Å². The first-order valence-electron chi connectivity index (χ1n) is 20.3. The van der Waals surface area contributed by atoms with Gasteiger partial charge in [0.05, 0.1) is 23.3 Å². The minimum atomic E-state index is -1.68. The Bertz CT molecular complexity index is 2260. The van der Waals surface area contributed by atoms with Crippen molar-refractivity contribution < 1.29 is 80.9 Å². The molecule has 2 aliphatic rings. The van der Waals surface area contributed by atoms with E-state index < -0.39 is 116 Å². The molecule has 0 unspecified atom stereocenters. The predicted octanol–water partition coefficient (Wildman–Crippen LogP) is 5.28. The minimum Gasteiger partial charge on any atom is -0.463 e. The first-order chi connectivity index (χ1) is 31.3. The first-order valence-corrected chi connectivity index (χ1v) is 21.2. The summed E-state index contributed by atoms with van der Waals surface area (Å²) in [6.07, 6.45) is -13.8. The van der Waals surface area contributed by atoms with E-state index in [1.807, 2.05) is 0 Å². The van der Waals surface area contributed by atoms with Crippen molar-refractivity contribution in [1.29, 1.82) is 0 Å². The van der Waals surface area contributed by atoms with Crippen molar-refractivity contribution in [2.75, 3.05) is 13.2 Å². The summed E-state index contributed by atoms with van der Waals surface area (Å²) in [6, 6.07) is 32.9. The molecule has 0 aliphatic carbocycles. The summed E-state index contributed by atoms with van der Waals surface area (Å²) >= 11 is 1.11. The molecule has 65 heavy (non-hydrogen) atoms. The number of ether oxygens (including phenoxy) is 10. The van der Waals surface area contributed by atoms with Gasteiger partial charge >= 0.3 is 41.8 Å². The monoisotopic (exact) mass is 914 g/mol. The molecule has 17 nitrogen and oxygen atoms in total. The molecule has 0 N–H and O–H groups in total. The van der Waals surface area contributed by atoms with Gasteiger partial charge in [-0.25, -0.2) is 14.4 Å². The third-order valence-electron chi connectivity index (χ3n) is 9.72. The van der Waals surface area contributed by atoms with Gasteiger partial charge in [0.25, 0.3) is 0 Å². The number of thioether (sulfide) groups is 1. The zero-order valence-corrected chi connectivity index (χ0v) is 36.4. The molecule has 342 valence electrons. The normalized spacial score (nSPS) is 24.9. The molecule has 4 aromatic rings. The van der Waals surface area contributed by atoms with Crippen LogP contribution < -0.4 is 0 Å². The van der Waals surface area contributed by atoms with Gasteiger partial charge in [0.15, 0.2) is 42.9 Å². The zero-order valence-electron chi connectivity index (χ0n) is 35.6. The maximum absolute atomic E-state index is 14.1. The summed E-state index contributed by atoms with van der Waals surface area (Å²) in [7, 11) is 0. The SMILES string of the molecule is CC(=O)OC[C@H]1O[C@@H](OC[C@H]2O[C@@H](Sc3ccccc3)[C@H](OC(=O)c3ccccc3)[C@@H](OC(=O)c3ccccc3)[C@H]2OC(=O)c2ccccc2)[C@H](OC(C)=O)[C@@H](OC(C)=O)[C@H]1OC(C)=O. The van der Waals surface area contributed by atoms with Gasteiger partial charge < -0.3 is 47.4 Å². The molecular formula is C47H46O17S. The van der Waals surface area contributed by atoms with Gasteiger partial charge in [-0.15, -0.1) is 0 Å². The van der Waals surface area contributed by atoms with Crippen LogP contribution in [0.25, 0.3) is 0 Å². The van der Waals surface area contributed by atoms with Gasteiger partial charge in [-0.05, 0) is 48.5 Å². The molecular weight excluding hydrogens is 869 g/mol. The van der Waals surface area contributed by atoms with Crippen LogP contribution in [0.3, 0.4) is 0 Å². The van der Waals surface area contributed by atoms with Crippen LogP contribution in [0.2, 0.25) is 0 Å². The summed E-state index contributed by atoms with van der Waals surface area (Å²) in [5, 5.41) is 0. The van der Waals surface area contributed by atoms with Crippen LogP contribution in [-0.2, 0) is 66.5 Å². The Kier molecular flexibility index (Phi) is 16.8. The molecule has 0 amide bonds. The topological polar surface area (TPSA) is 212 Å². The van der Waals surface area contributed by atoms with E-state index in [4.69, 9.17) is 47.4 Å². The maximum Gasteiger partial charge on any atom is 0.338 e. The zero-order chi connectivity index (χ0) is 46.5. The summed E-state index contributed by atoms with van der Waals surface area (Å²) in [6.45, 7) is 3.23. The standard InChI is InChI=1S/C47H46O17S/c1-27(48)55-25-35-37(57-28(2)49)39(58-29(3)50)41(59-30(4)51)46(60-35)56-26-36-38(62-43(52)31-17-9-5-10-18-31)40(63-44(53)32-19-11-6-12-20-32)42(64-45(54)33-21-13-7-14-22-33)47(61-36)65-34-23-15-8-16-24-34/h5-24,35-42,46-47H,25-26H2,1-4H3/t35-,36-,37+,38+,39+,40+,41-,42-,46-,47+/m1/s1. The number of hydrogen-bond donors (Lipinski definition) is 0. The lowest BCUT2D eigenvalue weighted by molar-refractivity contribution is -0.316. The van der Waals surface area contributed by atoms with Gasteiger partial charge in [-0.3, -0.25) is 19.2 Å². The van der Waals surface area contributed by atoms with E-state index in [0.29, 0.717) is 4.90 Å². The lowest BCUT2D eigenvalue weighted by Crippen LogP contribution is -2.64. The number of benzene rings is 4. The second kappa shape index (κ2) is 22.8. The smallest absolute Gasteiger partial charge is 0.338 e. The van der Waals surface area contributed by atoms with Crippen molar-refractivity contribution in [3.63, 3.8) is 0 Å². The van der Waals surface area contributed by atoms with Gasteiger partial charge in [0.2, 0.25) is 0 Å². The molecule has 6 rings (SSSR count).